The van der Waals surface area contributed by atoms with E-state index >= 15 is 0 Å². The highest BCUT2D eigenvalue weighted by atomic mass is 16.5. The first-order valence-corrected chi connectivity index (χ1v) is 10.8. The Kier molecular flexibility index (Phi) is 7.15. The van der Waals surface area contributed by atoms with Crippen molar-refractivity contribution in [3.8, 4) is 34.1 Å². The first-order chi connectivity index (χ1) is 15.6. The molecule has 6 nitrogen and oxygen atoms in total. The number of furan rings is 1. The molecule has 2 aromatic carbocycles. The fourth-order valence-corrected chi connectivity index (χ4v) is 4.09. The molecule has 170 valence electrons. The zero-order valence-corrected chi connectivity index (χ0v) is 19.2. The van der Waals surface area contributed by atoms with Crippen molar-refractivity contribution >= 4 is 0 Å². The van der Waals surface area contributed by atoms with Gasteiger partial charge in [0.15, 0.2) is 0 Å². The fraction of sp³-hybridized carbons (Fsp3) is 0.385. The van der Waals surface area contributed by atoms with Crippen LogP contribution >= 0.6 is 0 Å². The summed E-state index contributed by atoms with van der Waals surface area (Å²) in [6.07, 6.45) is 0. The average molecular weight is 439 g/mol. The van der Waals surface area contributed by atoms with Crippen molar-refractivity contribution in [3.63, 3.8) is 0 Å². The summed E-state index contributed by atoms with van der Waals surface area (Å²) < 4.78 is 35.2. The molecule has 0 atom stereocenters. The van der Waals surface area contributed by atoms with Gasteiger partial charge >= 0.3 is 0 Å². The van der Waals surface area contributed by atoms with Crippen LogP contribution in [0.1, 0.15) is 22.3 Å². The van der Waals surface area contributed by atoms with Crippen LogP contribution in [-0.4, -0.2) is 40.6 Å². The summed E-state index contributed by atoms with van der Waals surface area (Å²) in [6.45, 7) is 6.97. The Morgan fingerprint density at radius 3 is 1.50 bits per heavy atom. The van der Waals surface area contributed by atoms with Gasteiger partial charge in [-0.15, -0.1) is 0 Å². The molecule has 6 heteroatoms. The molecule has 0 saturated carbocycles. The second-order valence-corrected chi connectivity index (χ2v) is 7.89. The third kappa shape index (κ3) is 4.83. The molecule has 1 aliphatic rings. The summed E-state index contributed by atoms with van der Waals surface area (Å²) in [4.78, 5) is 0. The molecular formula is C26H30O6. The van der Waals surface area contributed by atoms with E-state index in [4.69, 9.17) is 28.1 Å². The summed E-state index contributed by atoms with van der Waals surface area (Å²) in [5, 5.41) is 0. The number of rotatable bonds is 2. The second-order valence-electron chi connectivity index (χ2n) is 7.89. The number of hydrogen-bond donors (Lipinski definition) is 0. The first-order valence-electron chi connectivity index (χ1n) is 10.8. The van der Waals surface area contributed by atoms with Crippen molar-refractivity contribution in [2.75, 3.05) is 40.6 Å². The van der Waals surface area contributed by atoms with Gasteiger partial charge in [0.2, 0.25) is 0 Å². The van der Waals surface area contributed by atoms with Crippen molar-refractivity contribution < 1.29 is 28.1 Å². The summed E-state index contributed by atoms with van der Waals surface area (Å²) in [6, 6.07) is 12.2. The largest absolute Gasteiger partial charge is 0.496 e. The number of aryl methyl sites for hydroxylation is 2. The van der Waals surface area contributed by atoms with Gasteiger partial charge in [0.05, 0.1) is 65.0 Å². The molecule has 1 aliphatic heterocycles. The highest BCUT2D eigenvalue weighted by Crippen LogP contribution is 2.41. The van der Waals surface area contributed by atoms with Crippen LogP contribution in [0.25, 0.3) is 22.6 Å². The number of benzene rings is 2. The second kappa shape index (κ2) is 10.2. The van der Waals surface area contributed by atoms with E-state index in [0.717, 1.165) is 56.4 Å². The molecule has 0 N–H and O–H groups in total. The molecular weight excluding hydrogens is 408 g/mol. The third-order valence-corrected chi connectivity index (χ3v) is 5.42. The van der Waals surface area contributed by atoms with Gasteiger partial charge in [-0.2, -0.15) is 0 Å². The summed E-state index contributed by atoms with van der Waals surface area (Å²) >= 11 is 0. The predicted molar refractivity (Wildman–Crippen MR) is 122 cm³/mol. The lowest BCUT2D eigenvalue weighted by Crippen LogP contribution is -2.10. The van der Waals surface area contributed by atoms with Gasteiger partial charge in [-0.3, -0.25) is 0 Å². The molecule has 2 heterocycles. The molecule has 0 fully saturated rings. The standard InChI is InChI=1S/C26H30O6/c1-17-11-19-15-30-9-7-29-8-10-31-16-20-12-18(2)14-22(26(20)28-4)24-6-5-23(32-24)21(13-17)25(19)27-3/h5-6,11-14H,7-10,15-16H2,1-4H3. The Morgan fingerprint density at radius 2 is 1.06 bits per heavy atom. The van der Waals surface area contributed by atoms with E-state index in [1.807, 2.05) is 12.1 Å². The summed E-state index contributed by atoms with van der Waals surface area (Å²) in [5.74, 6) is 2.97. The smallest absolute Gasteiger partial charge is 0.138 e. The molecule has 0 unspecified atom stereocenters. The Labute approximate surface area is 189 Å². The molecule has 0 radical (unpaired) electrons. The van der Waals surface area contributed by atoms with E-state index < -0.39 is 0 Å². The minimum absolute atomic E-state index is 0.431. The SMILES string of the molecule is COc1c2cc(C)cc1-c1ccc(o1)-c1cc(C)cc(c1OC)COCCOCCOC2. The van der Waals surface area contributed by atoms with E-state index in [1.165, 1.54) is 0 Å². The van der Waals surface area contributed by atoms with Crippen LogP contribution < -0.4 is 9.47 Å². The zero-order chi connectivity index (χ0) is 22.5. The lowest BCUT2D eigenvalue weighted by atomic mass is 10.0. The minimum Gasteiger partial charge on any atom is -0.496 e. The maximum atomic E-state index is 6.34. The van der Waals surface area contributed by atoms with Crippen LogP contribution in [0, 0.1) is 13.8 Å². The maximum Gasteiger partial charge on any atom is 0.138 e. The monoisotopic (exact) mass is 438 g/mol. The normalized spacial score (nSPS) is 15.0. The van der Waals surface area contributed by atoms with E-state index in [2.05, 4.69) is 38.1 Å². The third-order valence-electron chi connectivity index (χ3n) is 5.42. The van der Waals surface area contributed by atoms with Crippen molar-refractivity contribution in [3.05, 3.63) is 58.7 Å². The fourth-order valence-electron chi connectivity index (χ4n) is 4.09. The van der Waals surface area contributed by atoms with E-state index in [9.17, 15) is 0 Å². The van der Waals surface area contributed by atoms with Crippen molar-refractivity contribution in [1.82, 2.24) is 0 Å². The lowest BCUT2D eigenvalue weighted by Gasteiger charge is -2.16. The lowest BCUT2D eigenvalue weighted by molar-refractivity contribution is 0.00652. The number of methoxy groups -OCH3 is 2. The maximum absolute atomic E-state index is 6.34. The Morgan fingerprint density at radius 1 is 0.625 bits per heavy atom. The quantitative estimate of drug-likeness (QED) is 0.540. The number of ether oxygens (including phenoxy) is 5. The van der Waals surface area contributed by atoms with E-state index in [1.54, 1.807) is 14.2 Å². The highest BCUT2D eigenvalue weighted by Gasteiger charge is 2.19. The van der Waals surface area contributed by atoms with Gasteiger partial charge < -0.3 is 28.1 Å². The Hall–Kier alpha value is -2.80. The molecule has 6 bridgehead atoms. The zero-order valence-electron chi connectivity index (χ0n) is 19.2. The van der Waals surface area contributed by atoms with Gasteiger partial charge in [-0.1, -0.05) is 12.1 Å². The van der Waals surface area contributed by atoms with Gasteiger partial charge in [0.25, 0.3) is 0 Å². The highest BCUT2D eigenvalue weighted by molar-refractivity contribution is 5.75. The van der Waals surface area contributed by atoms with Crippen LogP contribution in [0.2, 0.25) is 0 Å². The molecule has 0 saturated heterocycles. The summed E-state index contributed by atoms with van der Waals surface area (Å²) in [7, 11) is 3.35. The molecule has 3 aromatic rings. The van der Waals surface area contributed by atoms with Crippen molar-refractivity contribution in [2.24, 2.45) is 0 Å². The van der Waals surface area contributed by atoms with Gasteiger partial charge in [0, 0.05) is 11.1 Å². The van der Waals surface area contributed by atoms with Crippen LogP contribution in [0.5, 0.6) is 11.5 Å². The minimum atomic E-state index is 0.431. The van der Waals surface area contributed by atoms with Gasteiger partial charge in [0.1, 0.15) is 23.0 Å². The van der Waals surface area contributed by atoms with Crippen molar-refractivity contribution in [2.45, 2.75) is 27.1 Å². The Bertz CT molecular complexity index is 986. The van der Waals surface area contributed by atoms with Crippen LogP contribution in [0.3, 0.4) is 0 Å². The number of fused-ring (bicyclic) bond motifs is 8. The Balaban J connectivity index is 1.82. The molecule has 0 amide bonds. The van der Waals surface area contributed by atoms with Crippen LogP contribution in [0.4, 0.5) is 0 Å². The topological polar surface area (TPSA) is 59.3 Å². The van der Waals surface area contributed by atoms with Crippen molar-refractivity contribution in [1.29, 1.82) is 0 Å². The van der Waals surface area contributed by atoms with E-state index in [-0.39, 0.29) is 0 Å². The van der Waals surface area contributed by atoms with Crippen LogP contribution in [0.15, 0.2) is 40.8 Å². The first kappa shape index (κ1) is 22.4. The van der Waals surface area contributed by atoms with E-state index in [0.29, 0.717) is 39.6 Å². The van der Waals surface area contributed by atoms with Gasteiger partial charge in [-0.25, -0.2) is 0 Å². The summed E-state index contributed by atoms with van der Waals surface area (Å²) in [5.41, 5.74) is 5.95. The average Bonchev–Trinajstić information content (AvgIpc) is 3.26. The van der Waals surface area contributed by atoms with Gasteiger partial charge in [-0.05, 0) is 49.2 Å². The molecule has 32 heavy (non-hydrogen) atoms. The molecule has 1 aromatic heterocycles. The number of hydrogen-bond acceptors (Lipinski definition) is 6. The van der Waals surface area contributed by atoms with Crippen LogP contribution in [-0.2, 0) is 27.4 Å². The predicted octanol–water partition coefficient (Wildman–Crippen LogP) is 5.31. The molecule has 0 spiro atoms. The molecule has 4 rings (SSSR count). The molecule has 0 aliphatic carbocycles.